The van der Waals surface area contributed by atoms with Gasteiger partial charge >= 0.3 is 0 Å². The normalized spacial score (nSPS) is 14.2. The van der Waals surface area contributed by atoms with Crippen LogP contribution in [0.15, 0.2) is 48.5 Å². The van der Waals surface area contributed by atoms with Gasteiger partial charge in [0.25, 0.3) is 11.8 Å². The van der Waals surface area contributed by atoms with Crippen LogP contribution >= 0.6 is 0 Å². The van der Waals surface area contributed by atoms with E-state index >= 15 is 0 Å². The first-order chi connectivity index (χ1) is 12.8. The largest absolute Gasteiger partial charge is 0.323 e. The van der Waals surface area contributed by atoms with Crippen LogP contribution in [0.2, 0.25) is 0 Å². The molecule has 1 aliphatic heterocycles. The molecule has 0 aliphatic carbocycles. The molecule has 0 saturated carbocycles. The van der Waals surface area contributed by atoms with Crippen molar-refractivity contribution < 1.29 is 14.1 Å². The van der Waals surface area contributed by atoms with Gasteiger partial charge in [-0.05, 0) is 31.8 Å². The lowest BCUT2D eigenvalue weighted by atomic mass is 10.1. The molecule has 0 saturated heterocycles. The molecule has 5 nitrogen and oxygen atoms in total. The molecule has 5 heteroatoms. The number of carbonyl (C=O) groups excluding carboxylic acids is 2. The highest BCUT2D eigenvalue weighted by Crippen LogP contribution is 2.22. The van der Waals surface area contributed by atoms with E-state index in [1.807, 2.05) is 0 Å². The summed E-state index contributed by atoms with van der Waals surface area (Å²) in [5.74, 6) is -0.354. The lowest BCUT2D eigenvalue weighted by molar-refractivity contribution is -0.902. The van der Waals surface area contributed by atoms with Crippen LogP contribution in [-0.2, 0) is 13.1 Å². The summed E-state index contributed by atoms with van der Waals surface area (Å²) in [7, 11) is 8.39. The first kappa shape index (κ1) is 19.3. The first-order valence-electron chi connectivity index (χ1n) is 9.27. The Labute approximate surface area is 161 Å². The van der Waals surface area contributed by atoms with Gasteiger partial charge in [-0.3, -0.25) is 14.5 Å². The fourth-order valence-corrected chi connectivity index (χ4v) is 3.50. The average molecular weight is 366 g/mol. The number of nitrogens with zero attached hydrogens (tertiary/aromatic N) is 3. The summed E-state index contributed by atoms with van der Waals surface area (Å²) < 4.78 is 0.709. The molecule has 2 aromatic rings. The van der Waals surface area contributed by atoms with E-state index in [1.165, 1.54) is 16.0 Å². The van der Waals surface area contributed by atoms with Crippen molar-refractivity contribution in [3.05, 3.63) is 70.8 Å². The number of quaternary nitrogens is 1. The summed E-state index contributed by atoms with van der Waals surface area (Å²) in [5, 5.41) is 0. The van der Waals surface area contributed by atoms with Crippen LogP contribution in [0.25, 0.3) is 0 Å². The Morgan fingerprint density at radius 1 is 0.852 bits per heavy atom. The van der Waals surface area contributed by atoms with Crippen LogP contribution in [0.5, 0.6) is 0 Å². The summed E-state index contributed by atoms with van der Waals surface area (Å²) >= 11 is 0. The third-order valence-corrected chi connectivity index (χ3v) is 4.94. The number of benzene rings is 2. The van der Waals surface area contributed by atoms with Gasteiger partial charge in [-0.25, -0.2) is 0 Å². The van der Waals surface area contributed by atoms with Gasteiger partial charge in [-0.1, -0.05) is 36.4 Å². The SMILES string of the molecule is CN(C)Cc1ccc(C[N+](C)(C)CCN2C(=O)c3ccccc3C2=O)cc1. The Morgan fingerprint density at radius 2 is 1.37 bits per heavy atom. The molecule has 0 aromatic heterocycles. The molecule has 2 aromatic carbocycles. The van der Waals surface area contributed by atoms with E-state index in [4.69, 9.17) is 0 Å². The van der Waals surface area contributed by atoms with E-state index in [2.05, 4.69) is 57.4 Å². The number of fused-ring (bicyclic) bond motifs is 1. The van der Waals surface area contributed by atoms with Crippen molar-refractivity contribution in [2.24, 2.45) is 0 Å². The monoisotopic (exact) mass is 366 g/mol. The molecule has 3 rings (SSSR count). The summed E-state index contributed by atoms with van der Waals surface area (Å²) in [5.41, 5.74) is 3.58. The Hall–Kier alpha value is -2.50. The Morgan fingerprint density at radius 3 is 1.89 bits per heavy atom. The zero-order valence-corrected chi connectivity index (χ0v) is 16.6. The average Bonchev–Trinajstić information content (AvgIpc) is 2.86. The molecule has 1 aliphatic rings. The standard InChI is InChI=1S/C22H28N3O2/c1-23(2)15-17-9-11-18(12-10-17)16-25(3,4)14-13-24-21(26)19-7-5-6-8-20(19)22(24)27/h5-12H,13-16H2,1-4H3/q+1. The van der Waals surface area contributed by atoms with Crippen LogP contribution < -0.4 is 0 Å². The van der Waals surface area contributed by atoms with E-state index < -0.39 is 0 Å². The van der Waals surface area contributed by atoms with Crippen LogP contribution in [0, 0.1) is 0 Å². The number of likely N-dealkylation sites (N-methyl/N-ethyl adjacent to an activating group) is 1. The molecule has 27 heavy (non-hydrogen) atoms. The van der Waals surface area contributed by atoms with Gasteiger partial charge in [0.05, 0.1) is 38.3 Å². The number of amides is 2. The topological polar surface area (TPSA) is 40.6 Å². The van der Waals surface area contributed by atoms with Gasteiger partial charge in [-0.2, -0.15) is 0 Å². The van der Waals surface area contributed by atoms with E-state index in [0.717, 1.165) is 13.1 Å². The summed E-state index contributed by atoms with van der Waals surface area (Å²) in [6.45, 7) is 2.92. The van der Waals surface area contributed by atoms with Crippen molar-refractivity contribution in [2.45, 2.75) is 13.1 Å². The van der Waals surface area contributed by atoms with Crippen molar-refractivity contribution in [2.75, 3.05) is 41.3 Å². The Bertz CT molecular complexity index is 806. The van der Waals surface area contributed by atoms with E-state index in [1.54, 1.807) is 24.3 Å². The van der Waals surface area contributed by atoms with Crippen molar-refractivity contribution in [1.29, 1.82) is 0 Å². The van der Waals surface area contributed by atoms with Crippen molar-refractivity contribution in [1.82, 2.24) is 9.80 Å². The molecule has 2 amide bonds. The summed E-state index contributed by atoms with van der Waals surface area (Å²) in [6.07, 6.45) is 0. The summed E-state index contributed by atoms with van der Waals surface area (Å²) in [6, 6.07) is 15.7. The number of rotatable bonds is 7. The lowest BCUT2D eigenvalue weighted by Gasteiger charge is -2.31. The maximum atomic E-state index is 12.5. The highest BCUT2D eigenvalue weighted by molar-refractivity contribution is 6.21. The minimum atomic E-state index is -0.177. The van der Waals surface area contributed by atoms with Gasteiger partial charge in [0.1, 0.15) is 6.54 Å². The zero-order chi connectivity index (χ0) is 19.6. The maximum absolute atomic E-state index is 12.5. The number of hydrogen-bond acceptors (Lipinski definition) is 3. The molecule has 0 fully saturated rings. The number of carbonyl (C=O) groups is 2. The Balaban J connectivity index is 1.60. The fourth-order valence-electron chi connectivity index (χ4n) is 3.50. The molecule has 0 radical (unpaired) electrons. The molecule has 1 heterocycles. The second kappa shape index (κ2) is 7.62. The van der Waals surface area contributed by atoms with Gasteiger partial charge in [0.2, 0.25) is 0 Å². The fraction of sp³-hybridized carbons (Fsp3) is 0.364. The van der Waals surface area contributed by atoms with E-state index in [0.29, 0.717) is 28.7 Å². The van der Waals surface area contributed by atoms with Gasteiger partial charge in [0, 0.05) is 12.1 Å². The zero-order valence-electron chi connectivity index (χ0n) is 16.6. The lowest BCUT2D eigenvalue weighted by Crippen LogP contribution is -2.46. The number of hydrogen-bond donors (Lipinski definition) is 0. The molecule has 0 N–H and O–H groups in total. The smallest absolute Gasteiger partial charge is 0.261 e. The molecular formula is C22H28N3O2+. The van der Waals surface area contributed by atoms with Gasteiger partial charge in [-0.15, -0.1) is 0 Å². The molecule has 0 bridgehead atoms. The summed E-state index contributed by atoms with van der Waals surface area (Å²) in [4.78, 5) is 28.5. The first-order valence-corrected chi connectivity index (χ1v) is 9.27. The van der Waals surface area contributed by atoms with E-state index in [-0.39, 0.29) is 11.8 Å². The quantitative estimate of drug-likeness (QED) is 0.559. The third-order valence-electron chi connectivity index (χ3n) is 4.94. The third kappa shape index (κ3) is 4.43. The second-order valence-corrected chi connectivity index (χ2v) is 8.18. The highest BCUT2D eigenvalue weighted by Gasteiger charge is 2.36. The molecule has 0 spiro atoms. The molecule has 142 valence electrons. The van der Waals surface area contributed by atoms with Crippen LogP contribution in [-0.4, -0.2) is 67.4 Å². The van der Waals surface area contributed by atoms with Crippen LogP contribution in [0.3, 0.4) is 0 Å². The predicted octanol–water partition coefficient (Wildman–Crippen LogP) is 2.62. The van der Waals surface area contributed by atoms with Gasteiger partial charge in [0.15, 0.2) is 0 Å². The molecular weight excluding hydrogens is 338 g/mol. The van der Waals surface area contributed by atoms with Crippen molar-refractivity contribution in [3.8, 4) is 0 Å². The second-order valence-electron chi connectivity index (χ2n) is 8.18. The van der Waals surface area contributed by atoms with E-state index in [9.17, 15) is 9.59 Å². The van der Waals surface area contributed by atoms with Crippen LogP contribution in [0.4, 0.5) is 0 Å². The molecule has 0 unspecified atom stereocenters. The minimum Gasteiger partial charge on any atom is -0.323 e. The highest BCUT2D eigenvalue weighted by atomic mass is 16.2. The van der Waals surface area contributed by atoms with Gasteiger partial charge < -0.3 is 9.38 Å². The maximum Gasteiger partial charge on any atom is 0.261 e. The molecule has 0 atom stereocenters. The van der Waals surface area contributed by atoms with Crippen LogP contribution in [0.1, 0.15) is 31.8 Å². The predicted molar refractivity (Wildman–Crippen MR) is 106 cm³/mol. The minimum absolute atomic E-state index is 0.177. The van der Waals surface area contributed by atoms with Crippen molar-refractivity contribution in [3.63, 3.8) is 0 Å². The van der Waals surface area contributed by atoms with Crippen molar-refractivity contribution >= 4 is 11.8 Å². The number of imide groups is 1. The Kier molecular flexibility index (Phi) is 5.44.